The third-order valence-electron chi connectivity index (χ3n) is 7.24. The molecule has 0 bridgehead atoms. The number of carbonyl (C=O) groups is 2. The number of carboxylic acid groups (broad SMARTS) is 1. The zero-order valence-electron chi connectivity index (χ0n) is 21.6. The molecular formula is C27H28Cl2N8O3. The van der Waals surface area contributed by atoms with Crippen LogP contribution < -0.4 is 10.6 Å². The summed E-state index contributed by atoms with van der Waals surface area (Å²) in [5.74, 6) is -1.61. The van der Waals surface area contributed by atoms with Crippen LogP contribution in [0.3, 0.4) is 0 Å². The summed E-state index contributed by atoms with van der Waals surface area (Å²) in [4.78, 5) is 32.4. The number of aromatic nitrogens is 2. The summed E-state index contributed by atoms with van der Waals surface area (Å²) in [6.45, 7) is 10.4. The molecule has 40 heavy (non-hydrogen) atoms. The molecule has 1 amide bonds. The van der Waals surface area contributed by atoms with Gasteiger partial charge in [-0.2, -0.15) is 11.7 Å². The number of hydrogen-bond donors (Lipinski definition) is 4. The second kappa shape index (κ2) is 12.1. The van der Waals surface area contributed by atoms with Crippen molar-refractivity contribution >= 4 is 51.9 Å². The monoisotopic (exact) mass is 582 g/mol. The Bertz CT molecular complexity index is 1510. The molecule has 1 atom stereocenters. The number of amides is 1. The van der Waals surface area contributed by atoms with Gasteiger partial charge in [-0.1, -0.05) is 35.3 Å². The number of benzene rings is 2. The number of guanidine groups is 1. The van der Waals surface area contributed by atoms with E-state index >= 15 is 0 Å². The summed E-state index contributed by atoms with van der Waals surface area (Å²) in [6, 6.07) is 6.65. The van der Waals surface area contributed by atoms with Crippen LogP contribution in [0.5, 0.6) is 0 Å². The Morgan fingerprint density at radius 2 is 2.02 bits per heavy atom. The SMILES string of the molecule is [C-]#[N+]/N=C(\NC[C@H](NC(=O)c1c(Cl)cc2c(c1Cl)CCN(Cc1ccc3cn[nH]c3c1)C2)C(=O)O)N1CCCC1. The van der Waals surface area contributed by atoms with Crippen LogP contribution in [0.4, 0.5) is 0 Å². The quantitative estimate of drug-likeness (QED) is 0.145. The molecule has 3 aromatic rings. The van der Waals surface area contributed by atoms with Crippen molar-refractivity contribution in [2.45, 2.75) is 38.4 Å². The van der Waals surface area contributed by atoms with Crippen molar-refractivity contribution < 1.29 is 14.7 Å². The lowest BCUT2D eigenvalue weighted by Gasteiger charge is -2.30. The number of aromatic amines is 1. The lowest BCUT2D eigenvalue weighted by molar-refractivity contribution is -0.139. The van der Waals surface area contributed by atoms with Gasteiger partial charge in [0, 0.05) is 44.7 Å². The maximum absolute atomic E-state index is 13.2. The van der Waals surface area contributed by atoms with Gasteiger partial charge in [0.1, 0.15) is 11.1 Å². The topological polar surface area (TPSA) is 130 Å². The summed E-state index contributed by atoms with van der Waals surface area (Å²) in [5.41, 5.74) is 3.96. The zero-order chi connectivity index (χ0) is 28.2. The normalized spacial score (nSPS) is 16.4. The van der Waals surface area contributed by atoms with Crippen LogP contribution in [-0.2, 0) is 24.3 Å². The van der Waals surface area contributed by atoms with E-state index in [2.05, 4.69) is 47.9 Å². The van der Waals surface area contributed by atoms with Crippen molar-refractivity contribution in [2.75, 3.05) is 26.2 Å². The molecule has 0 unspecified atom stereocenters. The van der Waals surface area contributed by atoms with Crippen LogP contribution in [0.1, 0.15) is 39.9 Å². The van der Waals surface area contributed by atoms with Crippen LogP contribution in [0, 0.1) is 6.57 Å². The van der Waals surface area contributed by atoms with Gasteiger partial charge in [-0.15, -0.1) is 4.95 Å². The molecular weight excluding hydrogens is 555 g/mol. The van der Waals surface area contributed by atoms with E-state index in [1.54, 1.807) is 12.3 Å². The Morgan fingerprint density at radius 3 is 2.77 bits per heavy atom. The summed E-state index contributed by atoms with van der Waals surface area (Å²) >= 11 is 13.3. The average Bonchev–Trinajstić information content (AvgIpc) is 3.62. The number of halogens is 2. The summed E-state index contributed by atoms with van der Waals surface area (Å²) in [7, 11) is 0. The van der Waals surface area contributed by atoms with Gasteiger partial charge in [0.05, 0.1) is 27.3 Å². The largest absolute Gasteiger partial charge is 0.480 e. The maximum Gasteiger partial charge on any atom is 0.328 e. The molecule has 208 valence electrons. The molecule has 2 aliphatic heterocycles. The highest BCUT2D eigenvalue weighted by molar-refractivity contribution is 6.40. The fourth-order valence-electron chi connectivity index (χ4n) is 5.20. The second-order valence-electron chi connectivity index (χ2n) is 9.90. The second-order valence-corrected chi connectivity index (χ2v) is 10.7. The van der Waals surface area contributed by atoms with Crippen LogP contribution in [0.25, 0.3) is 15.9 Å². The number of likely N-dealkylation sites (tertiary alicyclic amines) is 1. The first-order valence-corrected chi connectivity index (χ1v) is 13.7. The molecule has 13 heteroatoms. The third kappa shape index (κ3) is 5.99. The highest BCUT2D eigenvalue weighted by Gasteiger charge is 2.29. The first-order valence-electron chi connectivity index (χ1n) is 12.9. The van der Waals surface area contributed by atoms with Crippen molar-refractivity contribution in [3.05, 3.63) is 74.3 Å². The molecule has 1 fully saturated rings. The minimum Gasteiger partial charge on any atom is -0.480 e. The van der Waals surface area contributed by atoms with Crippen LogP contribution in [-0.4, -0.2) is 75.2 Å². The number of carboxylic acids is 1. The van der Waals surface area contributed by atoms with Gasteiger partial charge in [0.25, 0.3) is 11.9 Å². The number of aliphatic carboxylic acids is 1. The van der Waals surface area contributed by atoms with E-state index in [0.29, 0.717) is 18.9 Å². The van der Waals surface area contributed by atoms with Crippen LogP contribution in [0.2, 0.25) is 10.0 Å². The molecule has 2 aliphatic rings. The first-order chi connectivity index (χ1) is 19.3. The molecule has 4 N–H and O–H groups in total. The fourth-order valence-corrected chi connectivity index (χ4v) is 5.97. The highest BCUT2D eigenvalue weighted by atomic mass is 35.5. The van der Waals surface area contributed by atoms with Gasteiger partial charge in [0.15, 0.2) is 0 Å². The van der Waals surface area contributed by atoms with E-state index in [1.807, 2.05) is 11.0 Å². The predicted molar refractivity (Wildman–Crippen MR) is 152 cm³/mol. The van der Waals surface area contributed by atoms with Crippen molar-refractivity contribution in [2.24, 2.45) is 5.10 Å². The summed E-state index contributed by atoms with van der Waals surface area (Å²) in [6.07, 6.45) is 4.34. The number of H-pyrrole nitrogens is 1. The fraction of sp³-hybridized carbons (Fsp3) is 0.370. The Labute approximate surface area is 240 Å². The number of fused-ring (bicyclic) bond motifs is 2. The minimum absolute atomic E-state index is 0.0565. The van der Waals surface area contributed by atoms with E-state index in [1.165, 1.54) is 0 Å². The molecule has 1 saturated heterocycles. The van der Waals surface area contributed by atoms with Gasteiger partial charge in [0.2, 0.25) is 0 Å². The number of rotatable bonds is 7. The number of nitrogens with zero attached hydrogens (tertiary/aromatic N) is 5. The molecule has 1 aromatic heterocycles. The van der Waals surface area contributed by atoms with Crippen molar-refractivity contribution in [1.29, 1.82) is 0 Å². The van der Waals surface area contributed by atoms with Crippen molar-refractivity contribution in [3.63, 3.8) is 0 Å². The molecule has 3 heterocycles. The van der Waals surface area contributed by atoms with Crippen LogP contribution >= 0.6 is 23.2 Å². The lowest BCUT2D eigenvalue weighted by atomic mass is 9.96. The molecule has 0 saturated carbocycles. The van der Waals surface area contributed by atoms with Crippen molar-refractivity contribution in [1.82, 2.24) is 30.6 Å². The van der Waals surface area contributed by atoms with Crippen molar-refractivity contribution in [3.8, 4) is 0 Å². The summed E-state index contributed by atoms with van der Waals surface area (Å²) < 4.78 is 0. The lowest BCUT2D eigenvalue weighted by Crippen LogP contribution is -2.51. The Balaban J connectivity index is 1.27. The number of hydrogen-bond acceptors (Lipinski definition) is 5. The summed E-state index contributed by atoms with van der Waals surface area (Å²) in [5, 5.41) is 27.5. The van der Waals surface area contributed by atoms with E-state index in [0.717, 1.165) is 66.6 Å². The number of nitrogens with one attached hydrogen (secondary N) is 3. The Morgan fingerprint density at radius 1 is 1.23 bits per heavy atom. The smallest absolute Gasteiger partial charge is 0.328 e. The molecule has 0 aliphatic carbocycles. The molecule has 2 aromatic carbocycles. The minimum atomic E-state index is -1.29. The van der Waals surface area contributed by atoms with Gasteiger partial charge in [-0.3, -0.25) is 14.8 Å². The maximum atomic E-state index is 13.2. The average molecular weight is 583 g/mol. The van der Waals surface area contributed by atoms with Crippen LogP contribution in [0.15, 0.2) is 35.6 Å². The predicted octanol–water partition coefficient (Wildman–Crippen LogP) is 3.49. The van der Waals surface area contributed by atoms with Gasteiger partial charge in [-0.05, 0) is 48.1 Å². The van der Waals surface area contributed by atoms with Gasteiger partial charge in [-0.25, -0.2) is 4.79 Å². The molecule has 0 spiro atoms. The number of carbonyl (C=O) groups excluding carboxylic acids is 1. The highest BCUT2D eigenvalue weighted by Crippen LogP contribution is 2.35. The Kier molecular flexibility index (Phi) is 8.40. The third-order valence-corrected chi connectivity index (χ3v) is 7.96. The zero-order valence-corrected chi connectivity index (χ0v) is 23.1. The van der Waals surface area contributed by atoms with E-state index in [4.69, 9.17) is 29.8 Å². The standard InChI is InChI=1S/C27H28Cl2N8O3/c1-30-35-27(37-7-2-3-8-37)31-13-22(26(39)40)33-25(38)23-20(28)11-18-15-36(9-6-19(18)24(23)29)14-16-4-5-17-12-32-34-21(17)10-16/h4-5,10-12,22H,2-3,6-9,13-15H2,(H,31,35)(H,32,34)(H,33,38)(H,39,40)/t22-/m0/s1. The Hall–Kier alpha value is -3.85. The van der Waals surface area contributed by atoms with E-state index in [-0.39, 0.29) is 22.2 Å². The first kappa shape index (κ1) is 27.7. The molecule has 5 rings (SSSR count). The van der Waals surface area contributed by atoms with Gasteiger partial charge >= 0.3 is 5.97 Å². The van der Waals surface area contributed by atoms with E-state index in [9.17, 15) is 14.7 Å². The van der Waals surface area contributed by atoms with Gasteiger partial charge < -0.3 is 20.6 Å². The molecule has 11 nitrogen and oxygen atoms in total. The van der Waals surface area contributed by atoms with E-state index < -0.39 is 17.9 Å². The molecule has 0 radical (unpaired) electrons.